The van der Waals surface area contributed by atoms with Crippen molar-refractivity contribution in [3.63, 3.8) is 0 Å². The number of carbonyl (C=O) groups excluding carboxylic acids is 2. The van der Waals surface area contributed by atoms with Gasteiger partial charge in [-0.2, -0.15) is 0 Å². The zero-order valence-electron chi connectivity index (χ0n) is 18.5. The van der Waals surface area contributed by atoms with Crippen LogP contribution in [0.5, 0.6) is 0 Å². The molecule has 3 aromatic rings. The average molecular weight is 433 g/mol. The van der Waals surface area contributed by atoms with Crippen LogP contribution in [0.15, 0.2) is 54.9 Å². The molecule has 1 fully saturated rings. The lowest BCUT2D eigenvalue weighted by molar-refractivity contribution is -0.151. The van der Waals surface area contributed by atoms with E-state index in [0.29, 0.717) is 32.6 Å². The number of aryl methyl sites for hydroxylation is 2. The van der Waals surface area contributed by atoms with Crippen LogP contribution in [-0.4, -0.2) is 67.5 Å². The maximum atomic E-state index is 13.3. The molecular formula is C24H28N6O2. The van der Waals surface area contributed by atoms with E-state index in [1.807, 2.05) is 30.0 Å². The number of hydrogen-bond acceptors (Lipinski definition) is 5. The van der Waals surface area contributed by atoms with Crippen molar-refractivity contribution in [3.05, 3.63) is 66.0 Å². The van der Waals surface area contributed by atoms with Crippen LogP contribution in [0.25, 0.3) is 11.1 Å². The molecule has 8 nitrogen and oxygen atoms in total. The third kappa shape index (κ3) is 4.69. The normalized spacial score (nSPS) is 16.4. The van der Waals surface area contributed by atoms with Crippen LogP contribution < -0.4 is 0 Å². The van der Waals surface area contributed by atoms with Gasteiger partial charge >= 0.3 is 0 Å². The summed E-state index contributed by atoms with van der Waals surface area (Å²) in [4.78, 5) is 30.0. The van der Waals surface area contributed by atoms with Crippen LogP contribution in [0.1, 0.15) is 24.5 Å². The van der Waals surface area contributed by atoms with E-state index in [1.165, 1.54) is 16.6 Å². The van der Waals surface area contributed by atoms with Crippen molar-refractivity contribution in [2.75, 3.05) is 19.6 Å². The van der Waals surface area contributed by atoms with E-state index in [1.54, 1.807) is 4.90 Å². The quantitative estimate of drug-likeness (QED) is 0.572. The van der Waals surface area contributed by atoms with Gasteiger partial charge in [0.15, 0.2) is 0 Å². The number of piperazine rings is 1. The highest BCUT2D eigenvalue weighted by Crippen LogP contribution is 2.27. The van der Waals surface area contributed by atoms with Gasteiger partial charge in [-0.1, -0.05) is 54.1 Å². The van der Waals surface area contributed by atoms with Gasteiger partial charge in [-0.15, -0.1) is 5.10 Å². The van der Waals surface area contributed by atoms with Gasteiger partial charge in [0.25, 0.3) is 0 Å². The second kappa shape index (κ2) is 9.72. The Morgan fingerprint density at radius 2 is 1.97 bits per heavy atom. The highest BCUT2D eigenvalue weighted by Gasteiger charge is 2.37. The average Bonchev–Trinajstić information content (AvgIpc) is 3.33. The van der Waals surface area contributed by atoms with Gasteiger partial charge in [-0.25, -0.2) is 4.68 Å². The molecule has 0 saturated carbocycles. The number of rotatable bonds is 7. The molecule has 0 N–H and O–H groups in total. The Balaban J connectivity index is 1.60. The van der Waals surface area contributed by atoms with Crippen LogP contribution in [0.4, 0.5) is 0 Å². The topological polar surface area (TPSA) is 84.2 Å². The second-order valence-electron chi connectivity index (χ2n) is 8.07. The van der Waals surface area contributed by atoms with E-state index in [9.17, 15) is 9.59 Å². The van der Waals surface area contributed by atoms with Crippen molar-refractivity contribution in [2.45, 2.75) is 39.3 Å². The number of hydrogen-bond donors (Lipinski definition) is 0. The first-order chi connectivity index (χ1) is 15.6. The molecule has 4 rings (SSSR count). The summed E-state index contributed by atoms with van der Waals surface area (Å²) >= 11 is 0. The smallest absolute Gasteiger partial charge is 0.245 e. The maximum absolute atomic E-state index is 13.3. The summed E-state index contributed by atoms with van der Waals surface area (Å²) in [7, 11) is 0. The molecule has 2 heterocycles. The van der Waals surface area contributed by atoms with Gasteiger partial charge in [0, 0.05) is 32.5 Å². The highest BCUT2D eigenvalue weighted by atomic mass is 16.2. The van der Waals surface area contributed by atoms with Gasteiger partial charge in [0.1, 0.15) is 12.4 Å². The number of carbonyl (C=O) groups is 2. The SMILES string of the molecule is CCN1CCN(C(=O)CCn2cnnn2)[C@@H](Cc2ccccc2-c2cccc(C)c2)C1=O. The van der Waals surface area contributed by atoms with Crippen LogP contribution >= 0.6 is 0 Å². The first-order valence-electron chi connectivity index (χ1n) is 11.0. The number of amides is 2. The summed E-state index contributed by atoms with van der Waals surface area (Å²) in [6.07, 6.45) is 2.22. The molecule has 1 aromatic heterocycles. The lowest BCUT2D eigenvalue weighted by Gasteiger charge is -2.40. The van der Waals surface area contributed by atoms with E-state index in [0.717, 1.165) is 16.7 Å². The molecule has 0 radical (unpaired) electrons. The fraction of sp³-hybridized carbons (Fsp3) is 0.375. The molecule has 0 unspecified atom stereocenters. The summed E-state index contributed by atoms with van der Waals surface area (Å²) in [6.45, 7) is 6.17. The van der Waals surface area contributed by atoms with Crippen molar-refractivity contribution < 1.29 is 9.59 Å². The van der Waals surface area contributed by atoms with Crippen LogP contribution in [0.3, 0.4) is 0 Å². The zero-order valence-corrected chi connectivity index (χ0v) is 18.5. The minimum absolute atomic E-state index is 0.00793. The third-order valence-electron chi connectivity index (χ3n) is 5.99. The van der Waals surface area contributed by atoms with Crippen LogP contribution in [0.2, 0.25) is 0 Å². The molecular weight excluding hydrogens is 404 g/mol. The largest absolute Gasteiger partial charge is 0.339 e. The molecule has 1 aliphatic rings. The van der Waals surface area contributed by atoms with Crippen molar-refractivity contribution in [1.82, 2.24) is 30.0 Å². The molecule has 0 aliphatic carbocycles. The van der Waals surface area contributed by atoms with E-state index in [4.69, 9.17) is 0 Å². The van der Waals surface area contributed by atoms with Crippen molar-refractivity contribution in [3.8, 4) is 11.1 Å². The lowest BCUT2D eigenvalue weighted by Crippen LogP contribution is -2.59. The second-order valence-corrected chi connectivity index (χ2v) is 8.07. The third-order valence-corrected chi connectivity index (χ3v) is 5.99. The Morgan fingerprint density at radius 3 is 2.72 bits per heavy atom. The molecule has 0 bridgehead atoms. The first-order valence-corrected chi connectivity index (χ1v) is 11.0. The molecule has 166 valence electrons. The number of nitrogens with zero attached hydrogens (tertiary/aromatic N) is 6. The fourth-order valence-electron chi connectivity index (χ4n) is 4.29. The van der Waals surface area contributed by atoms with Crippen molar-refractivity contribution in [2.24, 2.45) is 0 Å². The molecule has 1 saturated heterocycles. The first kappa shape index (κ1) is 21.7. The molecule has 1 aliphatic heterocycles. The van der Waals surface area contributed by atoms with E-state index < -0.39 is 6.04 Å². The predicted octanol–water partition coefficient (Wildman–Crippen LogP) is 2.34. The summed E-state index contributed by atoms with van der Waals surface area (Å²) in [6, 6.07) is 16.0. The minimum Gasteiger partial charge on any atom is -0.339 e. The fourth-order valence-corrected chi connectivity index (χ4v) is 4.29. The van der Waals surface area contributed by atoms with Gasteiger partial charge in [0.05, 0.1) is 6.54 Å². The van der Waals surface area contributed by atoms with Crippen molar-refractivity contribution in [1.29, 1.82) is 0 Å². The monoisotopic (exact) mass is 432 g/mol. The van der Waals surface area contributed by atoms with Gasteiger partial charge in [-0.05, 0) is 41.0 Å². The highest BCUT2D eigenvalue weighted by molar-refractivity contribution is 5.89. The number of likely N-dealkylation sites (N-methyl/N-ethyl adjacent to an activating group) is 1. The summed E-state index contributed by atoms with van der Waals surface area (Å²) < 4.78 is 1.53. The maximum Gasteiger partial charge on any atom is 0.245 e. The molecule has 2 amide bonds. The lowest BCUT2D eigenvalue weighted by atomic mass is 9.92. The molecule has 0 spiro atoms. The molecule has 8 heteroatoms. The van der Waals surface area contributed by atoms with E-state index >= 15 is 0 Å². The Morgan fingerprint density at radius 1 is 1.12 bits per heavy atom. The predicted molar refractivity (Wildman–Crippen MR) is 121 cm³/mol. The standard InChI is InChI=1S/C24H28N6O2/c1-3-28-13-14-30(23(31)11-12-29-17-25-26-27-29)22(24(28)32)16-20-8-4-5-10-21(20)19-9-6-7-18(2)15-19/h4-10,15,17,22H,3,11-14,16H2,1-2H3/t22-/m0/s1. The van der Waals surface area contributed by atoms with Crippen LogP contribution in [0, 0.1) is 6.92 Å². The number of aromatic nitrogens is 4. The molecule has 2 aromatic carbocycles. The van der Waals surface area contributed by atoms with Crippen LogP contribution in [-0.2, 0) is 22.6 Å². The number of benzene rings is 2. The van der Waals surface area contributed by atoms with Gasteiger partial charge < -0.3 is 9.80 Å². The Hall–Kier alpha value is -3.55. The zero-order chi connectivity index (χ0) is 22.5. The van der Waals surface area contributed by atoms with Gasteiger partial charge in [0.2, 0.25) is 11.8 Å². The Kier molecular flexibility index (Phi) is 6.58. The Labute approximate surface area is 187 Å². The van der Waals surface area contributed by atoms with Gasteiger partial charge in [-0.3, -0.25) is 9.59 Å². The summed E-state index contributed by atoms with van der Waals surface area (Å²) in [5.74, 6) is -0.0452. The molecule has 32 heavy (non-hydrogen) atoms. The number of tetrazole rings is 1. The summed E-state index contributed by atoms with van der Waals surface area (Å²) in [5, 5.41) is 11.0. The Bertz CT molecular complexity index is 1080. The minimum atomic E-state index is -0.518. The van der Waals surface area contributed by atoms with Crippen molar-refractivity contribution >= 4 is 11.8 Å². The summed E-state index contributed by atoms with van der Waals surface area (Å²) in [5.41, 5.74) is 4.46. The van der Waals surface area contributed by atoms with E-state index in [-0.39, 0.29) is 18.2 Å². The van der Waals surface area contributed by atoms with E-state index in [2.05, 4.69) is 52.8 Å². The molecule has 1 atom stereocenters.